The van der Waals surface area contributed by atoms with Crippen molar-refractivity contribution >= 4 is 0 Å². The van der Waals surface area contributed by atoms with Gasteiger partial charge in [-0.1, -0.05) is 6.08 Å². The van der Waals surface area contributed by atoms with Crippen molar-refractivity contribution < 1.29 is 9.13 Å². The van der Waals surface area contributed by atoms with E-state index >= 15 is 0 Å². The van der Waals surface area contributed by atoms with Crippen LogP contribution in [0.15, 0.2) is 24.9 Å². The lowest BCUT2D eigenvalue weighted by molar-refractivity contribution is 0.295. The number of unbranched alkanes of at least 4 members (excludes halogenated alkanes) is 1. The number of rotatable bonds is 8. The topological polar surface area (TPSA) is 34.1 Å². The van der Waals surface area contributed by atoms with E-state index in [9.17, 15) is 4.39 Å². The highest BCUT2D eigenvalue weighted by atomic mass is 19.1. The molecule has 1 aliphatic carbocycles. The Labute approximate surface area is 107 Å². The molecule has 1 saturated carbocycles. The quantitative estimate of drug-likeness (QED) is 0.569. The molecule has 1 N–H and O–H groups in total. The van der Waals surface area contributed by atoms with Gasteiger partial charge in [0.2, 0.25) is 5.88 Å². The molecule has 1 heterocycles. The number of aromatic nitrogens is 1. The summed E-state index contributed by atoms with van der Waals surface area (Å²) in [5.74, 6) is 0.217. The second-order valence-corrected chi connectivity index (χ2v) is 4.55. The van der Waals surface area contributed by atoms with Crippen LogP contribution < -0.4 is 10.1 Å². The van der Waals surface area contributed by atoms with Crippen molar-refractivity contribution in [2.24, 2.45) is 0 Å². The highest BCUT2D eigenvalue weighted by molar-refractivity contribution is 5.26. The Morgan fingerprint density at radius 1 is 1.56 bits per heavy atom. The van der Waals surface area contributed by atoms with E-state index in [0.717, 1.165) is 18.4 Å². The first-order chi connectivity index (χ1) is 8.79. The smallest absolute Gasteiger partial charge is 0.218 e. The molecule has 1 aliphatic rings. The number of ether oxygens (including phenoxy) is 1. The van der Waals surface area contributed by atoms with Gasteiger partial charge in [-0.15, -0.1) is 6.58 Å². The molecular weight excluding hydrogens is 231 g/mol. The molecule has 1 aromatic rings. The Balaban J connectivity index is 1.90. The third-order valence-electron chi connectivity index (χ3n) is 2.84. The van der Waals surface area contributed by atoms with Crippen LogP contribution in [0, 0.1) is 5.82 Å². The Morgan fingerprint density at radius 2 is 2.39 bits per heavy atom. The molecule has 0 spiro atoms. The zero-order valence-corrected chi connectivity index (χ0v) is 10.5. The van der Waals surface area contributed by atoms with Crippen LogP contribution in [0.1, 0.15) is 31.2 Å². The molecule has 0 aromatic carbocycles. The van der Waals surface area contributed by atoms with Gasteiger partial charge in [0, 0.05) is 18.2 Å². The van der Waals surface area contributed by atoms with Crippen LogP contribution in [0.5, 0.6) is 5.88 Å². The van der Waals surface area contributed by atoms with Gasteiger partial charge < -0.3 is 10.1 Å². The maximum absolute atomic E-state index is 13.2. The normalized spacial score (nSPS) is 14.5. The number of nitrogens with one attached hydrogen (secondary N) is 1. The lowest BCUT2D eigenvalue weighted by Crippen LogP contribution is -2.17. The molecule has 0 amide bonds. The second-order valence-electron chi connectivity index (χ2n) is 4.55. The van der Waals surface area contributed by atoms with Crippen molar-refractivity contribution in [1.82, 2.24) is 10.3 Å². The van der Waals surface area contributed by atoms with Crippen molar-refractivity contribution in [2.45, 2.75) is 38.3 Å². The zero-order valence-electron chi connectivity index (χ0n) is 10.5. The van der Waals surface area contributed by atoms with Crippen LogP contribution in [0.4, 0.5) is 4.39 Å². The number of nitrogens with zero attached hydrogens (tertiary/aromatic N) is 1. The molecule has 2 rings (SSSR count). The summed E-state index contributed by atoms with van der Waals surface area (Å²) in [5.41, 5.74) is 0.792. The molecule has 0 radical (unpaired) electrons. The molecule has 0 aliphatic heterocycles. The molecule has 1 fully saturated rings. The van der Waals surface area contributed by atoms with Gasteiger partial charge in [-0.2, -0.15) is 0 Å². The molecule has 0 bridgehead atoms. The fraction of sp³-hybridized carbons (Fsp3) is 0.500. The van der Waals surface area contributed by atoms with Crippen LogP contribution in [0.3, 0.4) is 0 Å². The van der Waals surface area contributed by atoms with Gasteiger partial charge >= 0.3 is 0 Å². The summed E-state index contributed by atoms with van der Waals surface area (Å²) in [6.45, 7) is 4.86. The standard InChI is InChI=1S/C14H19FN2O/c1-2-3-4-7-18-14-11(8-12(15)10-17-14)9-16-13-5-6-13/h2,8,10,13,16H,1,3-7,9H2. The third kappa shape index (κ3) is 4.11. The van der Waals surface area contributed by atoms with Crippen molar-refractivity contribution in [3.8, 4) is 5.88 Å². The Hall–Kier alpha value is -1.42. The summed E-state index contributed by atoms with van der Waals surface area (Å²) >= 11 is 0. The van der Waals surface area contributed by atoms with E-state index < -0.39 is 0 Å². The molecule has 18 heavy (non-hydrogen) atoms. The van der Waals surface area contributed by atoms with Crippen molar-refractivity contribution in [3.05, 3.63) is 36.3 Å². The lowest BCUT2D eigenvalue weighted by Gasteiger charge is -2.10. The number of hydrogen-bond acceptors (Lipinski definition) is 3. The molecular formula is C14H19FN2O. The second kappa shape index (κ2) is 6.50. The lowest BCUT2D eigenvalue weighted by atomic mass is 10.2. The first-order valence-electron chi connectivity index (χ1n) is 6.41. The van der Waals surface area contributed by atoms with E-state index in [1.54, 1.807) is 0 Å². The number of halogens is 1. The maximum atomic E-state index is 13.2. The van der Waals surface area contributed by atoms with E-state index in [-0.39, 0.29) is 5.82 Å². The van der Waals surface area contributed by atoms with Crippen molar-refractivity contribution in [3.63, 3.8) is 0 Å². The average molecular weight is 250 g/mol. The SMILES string of the molecule is C=CCCCOc1ncc(F)cc1CNC1CC1. The number of hydrogen-bond donors (Lipinski definition) is 1. The van der Waals surface area contributed by atoms with Crippen LogP contribution in [0.2, 0.25) is 0 Å². The minimum atomic E-state index is -0.318. The molecule has 4 heteroatoms. The molecule has 3 nitrogen and oxygen atoms in total. The first-order valence-corrected chi connectivity index (χ1v) is 6.41. The fourth-order valence-corrected chi connectivity index (χ4v) is 1.66. The van der Waals surface area contributed by atoms with Gasteiger partial charge in [0.25, 0.3) is 0 Å². The predicted molar refractivity (Wildman–Crippen MR) is 69.0 cm³/mol. The third-order valence-corrected chi connectivity index (χ3v) is 2.84. The summed E-state index contributed by atoms with van der Waals surface area (Å²) in [6.07, 6.45) is 7.28. The largest absolute Gasteiger partial charge is 0.477 e. The highest BCUT2D eigenvalue weighted by Crippen LogP contribution is 2.22. The maximum Gasteiger partial charge on any atom is 0.218 e. The predicted octanol–water partition coefficient (Wildman–Crippen LogP) is 2.82. The summed E-state index contributed by atoms with van der Waals surface area (Å²) in [7, 11) is 0. The molecule has 0 saturated heterocycles. The van der Waals surface area contributed by atoms with Gasteiger partial charge in [0.05, 0.1) is 12.8 Å². The first kappa shape index (κ1) is 13.0. The van der Waals surface area contributed by atoms with E-state index in [4.69, 9.17) is 4.74 Å². The highest BCUT2D eigenvalue weighted by Gasteiger charge is 2.21. The van der Waals surface area contributed by atoms with Gasteiger partial charge in [0.15, 0.2) is 0 Å². The van der Waals surface area contributed by atoms with Crippen LogP contribution in [-0.2, 0) is 6.54 Å². The van der Waals surface area contributed by atoms with E-state index in [1.807, 2.05) is 6.08 Å². The van der Waals surface area contributed by atoms with E-state index in [2.05, 4.69) is 16.9 Å². The number of allylic oxidation sites excluding steroid dienone is 1. The van der Waals surface area contributed by atoms with Crippen LogP contribution >= 0.6 is 0 Å². The molecule has 0 unspecified atom stereocenters. The van der Waals surface area contributed by atoms with Gasteiger partial charge in [-0.05, 0) is 31.7 Å². The van der Waals surface area contributed by atoms with Gasteiger partial charge in [-0.25, -0.2) is 9.37 Å². The van der Waals surface area contributed by atoms with Gasteiger partial charge in [-0.3, -0.25) is 0 Å². The Morgan fingerprint density at radius 3 is 3.11 bits per heavy atom. The van der Waals surface area contributed by atoms with Gasteiger partial charge in [0.1, 0.15) is 5.82 Å². The summed E-state index contributed by atoms with van der Waals surface area (Å²) in [6, 6.07) is 2.08. The summed E-state index contributed by atoms with van der Waals surface area (Å²) in [5, 5.41) is 3.34. The average Bonchev–Trinajstić information content (AvgIpc) is 3.18. The van der Waals surface area contributed by atoms with Crippen molar-refractivity contribution in [2.75, 3.05) is 6.61 Å². The van der Waals surface area contributed by atoms with Crippen LogP contribution in [-0.4, -0.2) is 17.6 Å². The zero-order chi connectivity index (χ0) is 12.8. The Kier molecular flexibility index (Phi) is 4.70. The number of pyridine rings is 1. The minimum Gasteiger partial charge on any atom is -0.477 e. The molecule has 1 aromatic heterocycles. The molecule has 0 atom stereocenters. The Bertz CT molecular complexity index is 405. The van der Waals surface area contributed by atoms with Crippen molar-refractivity contribution in [1.29, 1.82) is 0 Å². The van der Waals surface area contributed by atoms with Crippen LogP contribution in [0.25, 0.3) is 0 Å². The fourth-order valence-electron chi connectivity index (χ4n) is 1.66. The minimum absolute atomic E-state index is 0.318. The van der Waals surface area contributed by atoms with E-state index in [0.29, 0.717) is 25.1 Å². The summed E-state index contributed by atoms with van der Waals surface area (Å²) < 4.78 is 18.8. The molecule has 98 valence electrons. The monoisotopic (exact) mass is 250 g/mol. The summed E-state index contributed by atoms with van der Waals surface area (Å²) in [4.78, 5) is 4.01. The van der Waals surface area contributed by atoms with E-state index in [1.165, 1.54) is 25.1 Å².